The van der Waals surface area contributed by atoms with Gasteiger partial charge in [-0.15, -0.1) is 0 Å². The van der Waals surface area contributed by atoms with Gasteiger partial charge in [0.1, 0.15) is 6.61 Å². The molecular weight excluding hydrogens is 279 g/mol. The molecule has 4 heteroatoms. The molecule has 0 saturated heterocycles. The Morgan fingerprint density at radius 2 is 1.95 bits per heavy atom. The molecule has 20 heavy (non-hydrogen) atoms. The van der Waals surface area contributed by atoms with Crippen LogP contribution in [-0.4, -0.2) is 5.78 Å². The molecule has 2 aromatic rings. The molecule has 0 unspecified atom stereocenters. The number of benzene rings is 2. The van der Waals surface area contributed by atoms with Gasteiger partial charge in [-0.25, -0.2) is 4.39 Å². The highest BCUT2D eigenvalue weighted by atomic mass is 35.5. The Balaban J connectivity index is 2.18. The summed E-state index contributed by atoms with van der Waals surface area (Å²) in [6.07, 6.45) is 0.306. The Bertz CT molecular complexity index is 588. The molecule has 104 valence electrons. The van der Waals surface area contributed by atoms with E-state index in [2.05, 4.69) is 0 Å². The lowest BCUT2D eigenvalue weighted by Crippen LogP contribution is -2.02. The van der Waals surface area contributed by atoms with Gasteiger partial charge in [0, 0.05) is 12.0 Å². The zero-order chi connectivity index (χ0) is 14.5. The van der Waals surface area contributed by atoms with E-state index in [1.807, 2.05) is 30.3 Å². The molecule has 0 spiro atoms. The van der Waals surface area contributed by atoms with Gasteiger partial charge in [-0.1, -0.05) is 48.9 Å². The van der Waals surface area contributed by atoms with E-state index in [1.165, 1.54) is 6.07 Å². The summed E-state index contributed by atoms with van der Waals surface area (Å²) in [5, 5.41) is 0.109. The minimum absolute atomic E-state index is 0.0248. The Labute approximate surface area is 122 Å². The van der Waals surface area contributed by atoms with Crippen molar-refractivity contribution in [3.63, 3.8) is 0 Å². The number of carbonyl (C=O) groups excluding carboxylic acids is 1. The van der Waals surface area contributed by atoms with Crippen LogP contribution in [0.5, 0.6) is 5.75 Å². The highest BCUT2D eigenvalue weighted by Gasteiger charge is 2.14. The molecule has 0 N–H and O–H groups in total. The van der Waals surface area contributed by atoms with E-state index in [4.69, 9.17) is 16.3 Å². The SMILES string of the molecule is CCC(=O)c1cc(F)c(OCc2ccccc2)c(Cl)c1. The van der Waals surface area contributed by atoms with Crippen molar-refractivity contribution in [1.29, 1.82) is 0 Å². The van der Waals surface area contributed by atoms with Crippen molar-refractivity contribution < 1.29 is 13.9 Å². The van der Waals surface area contributed by atoms with E-state index >= 15 is 0 Å². The Morgan fingerprint density at radius 3 is 2.55 bits per heavy atom. The highest BCUT2D eigenvalue weighted by Crippen LogP contribution is 2.30. The number of halogens is 2. The molecule has 0 saturated carbocycles. The van der Waals surface area contributed by atoms with E-state index in [0.717, 1.165) is 11.6 Å². The van der Waals surface area contributed by atoms with Crippen LogP contribution in [0.1, 0.15) is 29.3 Å². The van der Waals surface area contributed by atoms with Gasteiger partial charge in [0.15, 0.2) is 17.3 Å². The van der Waals surface area contributed by atoms with Crippen LogP contribution in [0.2, 0.25) is 5.02 Å². The molecule has 0 fully saturated rings. The van der Waals surface area contributed by atoms with Crippen LogP contribution in [0.25, 0.3) is 0 Å². The fraction of sp³-hybridized carbons (Fsp3) is 0.188. The second-order valence-corrected chi connectivity index (χ2v) is 4.73. The summed E-state index contributed by atoms with van der Waals surface area (Å²) < 4.78 is 19.4. The molecule has 0 atom stereocenters. The van der Waals surface area contributed by atoms with Crippen molar-refractivity contribution in [3.8, 4) is 5.75 Å². The van der Waals surface area contributed by atoms with Crippen molar-refractivity contribution >= 4 is 17.4 Å². The number of ether oxygens (including phenoxy) is 1. The number of ketones is 1. The van der Waals surface area contributed by atoms with E-state index in [-0.39, 0.29) is 28.7 Å². The average Bonchev–Trinajstić information content (AvgIpc) is 2.46. The zero-order valence-corrected chi connectivity index (χ0v) is 11.8. The summed E-state index contributed by atoms with van der Waals surface area (Å²) in [5.74, 6) is -0.797. The van der Waals surface area contributed by atoms with Gasteiger partial charge in [0.25, 0.3) is 0 Å². The van der Waals surface area contributed by atoms with E-state index in [1.54, 1.807) is 6.92 Å². The topological polar surface area (TPSA) is 26.3 Å². The monoisotopic (exact) mass is 292 g/mol. The largest absolute Gasteiger partial charge is 0.484 e. The van der Waals surface area contributed by atoms with Crippen LogP contribution in [0.4, 0.5) is 4.39 Å². The van der Waals surface area contributed by atoms with E-state index < -0.39 is 5.82 Å². The molecular formula is C16H14ClFO2. The fourth-order valence-corrected chi connectivity index (χ4v) is 2.05. The standard InChI is InChI=1S/C16H14ClFO2/c1-2-15(19)12-8-13(17)16(14(18)9-12)20-10-11-6-4-3-5-7-11/h3-9H,2,10H2,1H3. The molecule has 0 radical (unpaired) electrons. The van der Waals surface area contributed by atoms with Gasteiger partial charge < -0.3 is 4.74 Å². The summed E-state index contributed by atoms with van der Waals surface area (Å²) >= 11 is 5.98. The Morgan fingerprint density at radius 1 is 1.25 bits per heavy atom. The summed E-state index contributed by atoms with van der Waals surface area (Å²) in [7, 11) is 0. The Kier molecular flexibility index (Phi) is 4.74. The normalized spacial score (nSPS) is 10.3. The molecule has 2 aromatic carbocycles. The highest BCUT2D eigenvalue weighted by molar-refractivity contribution is 6.32. The second kappa shape index (κ2) is 6.53. The number of carbonyl (C=O) groups is 1. The third-order valence-corrected chi connectivity index (χ3v) is 3.15. The first-order valence-electron chi connectivity index (χ1n) is 6.30. The van der Waals surface area contributed by atoms with Crippen LogP contribution in [-0.2, 0) is 6.61 Å². The van der Waals surface area contributed by atoms with Crippen molar-refractivity contribution in [2.24, 2.45) is 0 Å². The lowest BCUT2D eigenvalue weighted by molar-refractivity contribution is 0.0987. The summed E-state index contributed by atoms with van der Waals surface area (Å²) in [6, 6.07) is 12.0. The average molecular weight is 293 g/mol. The van der Waals surface area contributed by atoms with Crippen molar-refractivity contribution in [3.05, 3.63) is 64.4 Å². The quantitative estimate of drug-likeness (QED) is 0.750. The van der Waals surface area contributed by atoms with Crippen LogP contribution in [0.3, 0.4) is 0 Å². The molecule has 0 heterocycles. The number of hydrogen-bond acceptors (Lipinski definition) is 2. The van der Waals surface area contributed by atoms with Gasteiger partial charge in [-0.3, -0.25) is 4.79 Å². The van der Waals surface area contributed by atoms with Crippen LogP contribution in [0, 0.1) is 5.82 Å². The first kappa shape index (κ1) is 14.5. The Hall–Kier alpha value is -1.87. The van der Waals surface area contributed by atoms with Gasteiger partial charge in [0.05, 0.1) is 5.02 Å². The van der Waals surface area contributed by atoms with Gasteiger partial charge in [-0.05, 0) is 17.7 Å². The molecule has 2 rings (SSSR count). The van der Waals surface area contributed by atoms with Crippen molar-refractivity contribution in [2.45, 2.75) is 20.0 Å². The first-order valence-corrected chi connectivity index (χ1v) is 6.68. The van der Waals surface area contributed by atoms with E-state index in [0.29, 0.717) is 6.42 Å². The predicted molar refractivity (Wildman–Crippen MR) is 76.8 cm³/mol. The molecule has 0 amide bonds. The molecule has 0 bridgehead atoms. The third kappa shape index (κ3) is 3.36. The zero-order valence-electron chi connectivity index (χ0n) is 11.0. The first-order chi connectivity index (χ1) is 9.61. The van der Waals surface area contributed by atoms with Crippen LogP contribution < -0.4 is 4.74 Å². The second-order valence-electron chi connectivity index (χ2n) is 4.32. The smallest absolute Gasteiger partial charge is 0.174 e. The summed E-state index contributed by atoms with van der Waals surface area (Å²) in [4.78, 5) is 11.5. The lowest BCUT2D eigenvalue weighted by Gasteiger charge is -2.10. The molecule has 0 aromatic heterocycles. The lowest BCUT2D eigenvalue weighted by atomic mass is 10.1. The summed E-state index contributed by atoms with van der Waals surface area (Å²) in [5.41, 5.74) is 1.18. The minimum atomic E-state index is -0.620. The molecule has 2 nitrogen and oxygen atoms in total. The van der Waals surface area contributed by atoms with Crippen LogP contribution in [0.15, 0.2) is 42.5 Å². The maximum absolute atomic E-state index is 13.9. The van der Waals surface area contributed by atoms with E-state index in [9.17, 15) is 9.18 Å². The van der Waals surface area contributed by atoms with Crippen molar-refractivity contribution in [1.82, 2.24) is 0 Å². The number of hydrogen-bond donors (Lipinski definition) is 0. The molecule has 0 aliphatic carbocycles. The summed E-state index contributed by atoms with van der Waals surface area (Å²) in [6.45, 7) is 1.94. The minimum Gasteiger partial charge on any atom is -0.484 e. The predicted octanol–water partition coefficient (Wildman–Crippen LogP) is 4.65. The van der Waals surface area contributed by atoms with Gasteiger partial charge in [0.2, 0.25) is 0 Å². The van der Waals surface area contributed by atoms with Crippen molar-refractivity contribution in [2.75, 3.05) is 0 Å². The number of rotatable bonds is 5. The van der Waals surface area contributed by atoms with Gasteiger partial charge in [-0.2, -0.15) is 0 Å². The maximum atomic E-state index is 13.9. The molecule has 0 aliphatic rings. The maximum Gasteiger partial charge on any atom is 0.174 e. The third-order valence-electron chi connectivity index (χ3n) is 2.87. The number of Topliss-reactive ketones (excluding diaryl/α,β-unsaturated/α-hetero) is 1. The van der Waals surface area contributed by atoms with Gasteiger partial charge >= 0.3 is 0 Å². The van der Waals surface area contributed by atoms with Crippen LogP contribution >= 0.6 is 11.6 Å². The fourth-order valence-electron chi connectivity index (χ4n) is 1.79. The molecule has 0 aliphatic heterocycles.